The summed E-state index contributed by atoms with van der Waals surface area (Å²) in [5.41, 5.74) is 2.46. The summed E-state index contributed by atoms with van der Waals surface area (Å²) in [7, 11) is 3.34. The van der Waals surface area contributed by atoms with Gasteiger partial charge in [0.05, 0.1) is 20.3 Å². The van der Waals surface area contributed by atoms with E-state index in [9.17, 15) is 0 Å². The van der Waals surface area contributed by atoms with Gasteiger partial charge < -0.3 is 30.3 Å². The first-order valence-electron chi connectivity index (χ1n) is 9.91. The van der Waals surface area contributed by atoms with Gasteiger partial charge >= 0.3 is 0 Å². The van der Waals surface area contributed by atoms with Gasteiger partial charge in [-0.1, -0.05) is 6.92 Å². The predicted octanol–water partition coefficient (Wildman–Crippen LogP) is 2.51. The van der Waals surface area contributed by atoms with E-state index in [1.807, 2.05) is 0 Å². The number of fused-ring (bicyclic) bond motifs is 1. The lowest BCUT2D eigenvalue weighted by Crippen LogP contribution is -2.50. The molecule has 1 aliphatic carbocycles. The maximum Gasteiger partial charge on any atom is 0.169 e. The summed E-state index contributed by atoms with van der Waals surface area (Å²) in [6.07, 6.45) is 4.34. The maximum absolute atomic E-state index is 5.70. The van der Waals surface area contributed by atoms with Crippen LogP contribution in [0.15, 0.2) is 12.1 Å². The first kappa shape index (κ1) is 20.9. The summed E-state index contributed by atoms with van der Waals surface area (Å²) in [5, 5.41) is 11.6. The lowest BCUT2D eigenvalue weighted by molar-refractivity contribution is 0.290. The van der Waals surface area contributed by atoms with Crippen LogP contribution in [0.25, 0.3) is 0 Å². The highest BCUT2D eigenvalue weighted by molar-refractivity contribution is 7.80. The Balaban J connectivity index is 1.83. The van der Waals surface area contributed by atoms with E-state index in [-0.39, 0.29) is 6.04 Å². The van der Waals surface area contributed by atoms with Crippen molar-refractivity contribution in [2.75, 3.05) is 33.9 Å². The molecule has 0 amide bonds. The monoisotopic (exact) mass is 422 g/mol. The molecular formula is C20H30N4O2S2. The summed E-state index contributed by atoms with van der Waals surface area (Å²) in [6, 6.07) is 4.76. The molecule has 0 unspecified atom stereocenters. The first-order chi connectivity index (χ1) is 13.6. The Hall–Kier alpha value is -1.80. The second-order valence-electron chi connectivity index (χ2n) is 7.23. The molecule has 28 heavy (non-hydrogen) atoms. The molecule has 1 atom stereocenters. The molecule has 1 aliphatic heterocycles. The van der Waals surface area contributed by atoms with Crippen LogP contribution in [0.2, 0.25) is 0 Å². The standard InChI is InChI=1S/C20H30N4O2S2/c1-4-8-21-20(28)24-9-7-13-10-17(25-2)18(26-3)11-15(13)16(24)12-22-19(27)23-14-5-6-14/h10-11,14,16H,4-9,12H2,1-3H3,(H,21,28)(H2,22,23,27)/t16-/m1/s1. The maximum atomic E-state index is 5.70. The third-order valence-electron chi connectivity index (χ3n) is 5.16. The fourth-order valence-corrected chi connectivity index (χ4v) is 4.05. The molecule has 2 aliphatic rings. The van der Waals surface area contributed by atoms with Crippen LogP contribution in [0.5, 0.6) is 11.5 Å². The molecule has 3 rings (SSSR count). The normalized spacial score (nSPS) is 18.1. The molecule has 0 spiro atoms. The van der Waals surface area contributed by atoms with Crippen LogP contribution in [0.3, 0.4) is 0 Å². The van der Waals surface area contributed by atoms with Crippen LogP contribution in [-0.4, -0.2) is 55.0 Å². The Morgan fingerprint density at radius 1 is 1.14 bits per heavy atom. The molecule has 0 radical (unpaired) electrons. The zero-order chi connectivity index (χ0) is 20.1. The Kier molecular flexibility index (Phi) is 7.18. The van der Waals surface area contributed by atoms with E-state index < -0.39 is 0 Å². The number of methoxy groups -OCH3 is 2. The van der Waals surface area contributed by atoms with Crippen molar-refractivity contribution in [3.8, 4) is 11.5 Å². The number of rotatable bonds is 7. The van der Waals surface area contributed by atoms with Gasteiger partial charge in [-0.05, 0) is 73.4 Å². The molecule has 0 saturated heterocycles. The minimum absolute atomic E-state index is 0.0689. The van der Waals surface area contributed by atoms with Crippen molar-refractivity contribution in [1.29, 1.82) is 0 Å². The molecule has 1 fully saturated rings. The molecular weight excluding hydrogens is 392 g/mol. The zero-order valence-corrected chi connectivity index (χ0v) is 18.5. The van der Waals surface area contributed by atoms with Crippen molar-refractivity contribution < 1.29 is 9.47 Å². The van der Waals surface area contributed by atoms with Gasteiger partial charge in [0.15, 0.2) is 21.7 Å². The summed E-state index contributed by atoms with van der Waals surface area (Å²) in [4.78, 5) is 2.26. The van der Waals surface area contributed by atoms with Crippen molar-refractivity contribution in [3.05, 3.63) is 23.3 Å². The molecule has 3 N–H and O–H groups in total. The van der Waals surface area contributed by atoms with Crippen LogP contribution < -0.4 is 25.4 Å². The highest BCUT2D eigenvalue weighted by Gasteiger charge is 2.31. The fourth-order valence-electron chi connectivity index (χ4n) is 3.48. The SMILES string of the molecule is CCCNC(=S)N1CCc2cc(OC)c(OC)cc2[C@H]1CNC(=S)NC1CC1. The number of ether oxygens (including phenoxy) is 2. The highest BCUT2D eigenvalue weighted by atomic mass is 32.1. The van der Waals surface area contributed by atoms with Gasteiger partial charge in [0, 0.05) is 25.7 Å². The Labute approximate surface area is 178 Å². The summed E-state index contributed by atoms with van der Waals surface area (Å²) >= 11 is 11.2. The van der Waals surface area contributed by atoms with Crippen molar-refractivity contribution in [2.24, 2.45) is 0 Å². The molecule has 1 saturated carbocycles. The number of thiocarbonyl (C=S) groups is 2. The largest absolute Gasteiger partial charge is 0.493 e. The van der Waals surface area contributed by atoms with Gasteiger partial charge in [-0.15, -0.1) is 0 Å². The van der Waals surface area contributed by atoms with Crippen LogP contribution >= 0.6 is 24.4 Å². The van der Waals surface area contributed by atoms with Gasteiger partial charge in [-0.2, -0.15) is 0 Å². The highest BCUT2D eigenvalue weighted by Crippen LogP contribution is 2.38. The summed E-state index contributed by atoms with van der Waals surface area (Å²) in [6.45, 7) is 4.54. The predicted molar refractivity (Wildman–Crippen MR) is 120 cm³/mol. The number of hydrogen-bond acceptors (Lipinski definition) is 4. The Morgan fingerprint density at radius 3 is 2.50 bits per heavy atom. The fraction of sp³-hybridized carbons (Fsp3) is 0.600. The zero-order valence-electron chi connectivity index (χ0n) is 16.8. The minimum Gasteiger partial charge on any atom is -0.493 e. The third kappa shape index (κ3) is 4.97. The lowest BCUT2D eigenvalue weighted by Gasteiger charge is -2.39. The van der Waals surface area contributed by atoms with Crippen LogP contribution in [0, 0.1) is 0 Å². The molecule has 0 bridgehead atoms. The quantitative estimate of drug-likeness (QED) is 0.580. The molecule has 0 aromatic heterocycles. The van der Waals surface area contributed by atoms with Crippen molar-refractivity contribution in [3.63, 3.8) is 0 Å². The Morgan fingerprint density at radius 2 is 1.86 bits per heavy atom. The average Bonchev–Trinajstić information content (AvgIpc) is 3.52. The number of nitrogens with zero attached hydrogens (tertiary/aromatic N) is 1. The molecule has 8 heteroatoms. The second-order valence-corrected chi connectivity index (χ2v) is 8.02. The second kappa shape index (κ2) is 9.60. The van der Waals surface area contributed by atoms with E-state index >= 15 is 0 Å². The lowest BCUT2D eigenvalue weighted by atomic mass is 9.92. The van der Waals surface area contributed by atoms with E-state index in [1.54, 1.807) is 14.2 Å². The van der Waals surface area contributed by atoms with Crippen LogP contribution in [0.1, 0.15) is 43.4 Å². The van der Waals surface area contributed by atoms with E-state index in [0.717, 1.165) is 42.5 Å². The molecule has 154 valence electrons. The molecule has 1 aromatic rings. The summed E-state index contributed by atoms with van der Waals surface area (Å²) in [5.74, 6) is 1.50. The van der Waals surface area contributed by atoms with Crippen molar-refractivity contribution in [1.82, 2.24) is 20.9 Å². The number of nitrogens with one attached hydrogen (secondary N) is 3. The van der Waals surface area contributed by atoms with E-state index in [4.69, 9.17) is 33.9 Å². The molecule has 1 aromatic carbocycles. The topological polar surface area (TPSA) is 57.8 Å². The van der Waals surface area contributed by atoms with E-state index in [1.165, 1.54) is 24.0 Å². The van der Waals surface area contributed by atoms with Crippen LogP contribution in [0.4, 0.5) is 0 Å². The number of hydrogen-bond donors (Lipinski definition) is 3. The molecule has 1 heterocycles. The van der Waals surface area contributed by atoms with Gasteiger partial charge in [-0.25, -0.2) is 0 Å². The van der Waals surface area contributed by atoms with Gasteiger partial charge in [0.1, 0.15) is 0 Å². The van der Waals surface area contributed by atoms with Gasteiger partial charge in [-0.3, -0.25) is 0 Å². The first-order valence-corrected chi connectivity index (χ1v) is 10.7. The smallest absolute Gasteiger partial charge is 0.169 e. The van der Waals surface area contributed by atoms with Crippen molar-refractivity contribution >= 4 is 34.7 Å². The summed E-state index contributed by atoms with van der Waals surface area (Å²) < 4.78 is 11.0. The van der Waals surface area contributed by atoms with Crippen molar-refractivity contribution in [2.45, 2.75) is 44.7 Å². The molecule has 6 nitrogen and oxygen atoms in total. The van der Waals surface area contributed by atoms with Crippen LogP contribution in [-0.2, 0) is 6.42 Å². The Bertz CT molecular complexity index is 724. The van der Waals surface area contributed by atoms with E-state index in [2.05, 4.69) is 39.9 Å². The average molecular weight is 423 g/mol. The number of benzene rings is 1. The van der Waals surface area contributed by atoms with E-state index in [0.29, 0.717) is 17.7 Å². The minimum atomic E-state index is 0.0689. The third-order valence-corrected chi connectivity index (χ3v) is 5.80. The van der Waals surface area contributed by atoms with Gasteiger partial charge in [0.25, 0.3) is 0 Å². The van der Waals surface area contributed by atoms with Gasteiger partial charge in [0.2, 0.25) is 0 Å².